The fraction of sp³-hybridized carbons (Fsp3) is 0.391. The van der Waals surface area contributed by atoms with Gasteiger partial charge >= 0.3 is 0 Å². The van der Waals surface area contributed by atoms with Crippen molar-refractivity contribution >= 4 is 15.9 Å². The van der Waals surface area contributed by atoms with Crippen molar-refractivity contribution < 1.29 is 17.9 Å². The fourth-order valence-corrected chi connectivity index (χ4v) is 4.87. The van der Waals surface area contributed by atoms with E-state index in [1.54, 1.807) is 4.90 Å². The highest BCUT2D eigenvalue weighted by atomic mass is 32.2. The second kappa shape index (κ2) is 11.0. The van der Waals surface area contributed by atoms with Gasteiger partial charge in [-0.3, -0.25) is 4.79 Å². The van der Waals surface area contributed by atoms with Crippen LogP contribution in [-0.4, -0.2) is 62.9 Å². The lowest BCUT2D eigenvalue weighted by atomic mass is 10.2. The van der Waals surface area contributed by atoms with Gasteiger partial charge in [0.25, 0.3) is 0 Å². The zero-order valence-corrected chi connectivity index (χ0v) is 18.3. The number of benzene rings is 2. The Morgan fingerprint density at radius 2 is 1.65 bits per heavy atom. The molecular formula is C23H27N3O4S. The Kier molecular flexibility index (Phi) is 8.18. The SMILES string of the molecule is N#Cc1ccc(S(=O)(=O)N2CCN(C(=O)CCCOCCc3ccccc3)CC2)cc1. The van der Waals surface area contributed by atoms with Crippen molar-refractivity contribution in [2.24, 2.45) is 0 Å². The Bertz CT molecular complexity index is 993. The van der Waals surface area contributed by atoms with E-state index in [0.29, 0.717) is 44.7 Å². The summed E-state index contributed by atoms with van der Waals surface area (Å²) in [6.45, 7) is 2.45. The van der Waals surface area contributed by atoms with Gasteiger partial charge in [0.1, 0.15) is 0 Å². The van der Waals surface area contributed by atoms with Crippen LogP contribution in [0.15, 0.2) is 59.5 Å². The molecule has 164 valence electrons. The molecule has 0 radical (unpaired) electrons. The standard InChI is InChI=1S/C23H27N3O4S/c24-19-21-8-10-22(11-9-21)31(28,29)26-15-13-25(14-16-26)23(27)7-4-17-30-18-12-20-5-2-1-3-6-20/h1-3,5-6,8-11H,4,7,12-18H2. The first-order valence-corrected chi connectivity index (χ1v) is 11.8. The van der Waals surface area contributed by atoms with Gasteiger partial charge in [0.15, 0.2) is 0 Å². The first-order valence-electron chi connectivity index (χ1n) is 10.4. The minimum absolute atomic E-state index is 0.0297. The number of carbonyl (C=O) groups excluding carboxylic acids is 1. The van der Waals surface area contributed by atoms with E-state index in [-0.39, 0.29) is 23.9 Å². The molecule has 0 saturated carbocycles. The maximum Gasteiger partial charge on any atom is 0.243 e. The molecule has 0 bridgehead atoms. The van der Waals surface area contributed by atoms with Gasteiger partial charge in [-0.05, 0) is 42.7 Å². The first kappa shape index (κ1) is 22.9. The number of carbonyl (C=O) groups is 1. The summed E-state index contributed by atoms with van der Waals surface area (Å²) in [6.07, 6.45) is 1.90. The average Bonchev–Trinajstić information content (AvgIpc) is 2.82. The molecule has 7 nitrogen and oxygen atoms in total. The van der Waals surface area contributed by atoms with Crippen molar-refractivity contribution in [2.75, 3.05) is 39.4 Å². The molecule has 1 heterocycles. The van der Waals surface area contributed by atoms with Crippen LogP contribution in [0.2, 0.25) is 0 Å². The molecule has 0 N–H and O–H groups in total. The van der Waals surface area contributed by atoms with E-state index in [9.17, 15) is 13.2 Å². The van der Waals surface area contributed by atoms with Gasteiger partial charge in [0, 0.05) is 39.2 Å². The summed E-state index contributed by atoms with van der Waals surface area (Å²) in [5, 5.41) is 8.86. The molecule has 1 fully saturated rings. The molecule has 0 aliphatic carbocycles. The highest BCUT2D eigenvalue weighted by molar-refractivity contribution is 7.89. The summed E-state index contributed by atoms with van der Waals surface area (Å²) in [7, 11) is -3.62. The number of nitriles is 1. The van der Waals surface area contributed by atoms with E-state index in [2.05, 4.69) is 12.1 Å². The summed E-state index contributed by atoms with van der Waals surface area (Å²) in [5.41, 5.74) is 1.64. The summed E-state index contributed by atoms with van der Waals surface area (Å²) >= 11 is 0. The monoisotopic (exact) mass is 441 g/mol. The Labute approximate surface area is 183 Å². The van der Waals surface area contributed by atoms with Crippen LogP contribution in [0.3, 0.4) is 0 Å². The summed E-state index contributed by atoms with van der Waals surface area (Å²) < 4.78 is 32.5. The van der Waals surface area contributed by atoms with Crippen LogP contribution in [0.25, 0.3) is 0 Å². The van der Waals surface area contributed by atoms with Gasteiger partial charge in [0.05, 0.1) is 23.1 Å². The largest absolute Gasteiger partial charge is 0.381 e. The van der Waals surface area contributed by atoms with Crippen molar-refractivity contribution in [1.29, 1.82) is 5.26 Å². The Balaban J connectivity index is 1.36. The minimum Gasteiger partial charge on any atom is -0.381 e. The molecule has 2 aromatic carbocycles. The highest BCUT2D eigenvalue weighted by Crippen LogP contribution is 2.18. The summed E-state index contributed by atoms with van der Waals surface area (Å²) in [5.74, 6) is 0.0297. The second-order valence-electron chi connectivity index (χ2n) is 7.37. The number of hydrogen-bond donors (Lipinski definition) is 0. The molecule has 0 spiro atoms. The van der Waals surface area contributed by atoms with Crippen LogP contribution in [0, 0.1) is 11.3 Å². The smallest absolute Gasteiger partial charge is 0.243 e. The lowest BCUT2D eigenvalue weighted by Gasteiger charge is -2.34. The molecule has 0 aromatic heterocycles. The van der Waals surface area contributed by atoms with Crippen molar-refractivity contribution in [1.82, 2.24) is 9.21 Å². The second-order valence-corrected chi connectivity index (χ2v) is 9.31. The topological polar surface area (TPSA) is 90.7 Å². The minimum atomic E-state index is -3.62. The van der Waals surface area contributed by atoms with Crippen LogP contribution in [0.1, 0.15) is 24.0 Å². The molecule has 0 atom stereocenters. The van der Waals surface area contributed by atoms with Crippen LogP contribution in [0.5, 0.6) is 0 Å². The zero-order valence-electron chi connectivity index (χ0n) is 17.4. The van der Waals surface area contributed by atoms with Crippen LogP contribution in [-0.2, 0) is 26.0 Å². The van der Waals surface area contributed by atoms with Crippen molar-refractivity contribution in [2.45, 2.75) is 24.2 Å². The van der Waals surface area contributed by atoms with Gasteiger partial charge in [-0.1, -0.05) is 30.3 Å². The number of piperazine rings is 1. The lowest BCUT2D eigenvalue weighted by Crippen LogP contribution is -2.50. The van der Waals surface area contributed by atoms with Crippen molar-refractivity contribution in [3.8, 4) is 6.07 Å². The van der Waals surface area contributed by atoms with Crippen molar-refractivity contribution in [3.63, 3.8) is 0 Å². The first-order chi connectivity index (χ1) is 15.0. The molecule has 3 rings (SSSR count). The number of hydrogen-bond acceptors (Lipinski definition) is 5. The highest BCUT2D eigenvalue weighted by Gasteiger charge is 2.29. The van der Waals surface area contributed by atoms with E-state index in [1.807, 2.05) is 24.3 Å². The Hall–Kier alpha value is -2.73. The quantitative estimate of drug-likeness (QED) is 0.558. The molecule has 1 aliphatic heterocycles. The number of sulfonamides is 1. The Morgan fingerprint density at radius 1 is 0.968 bits per heavy atom. The van der Waals surface area contributed by atoms with Crippen LogP contribution in [0.4, 0.5) is 0 Å². The van der Waals surface area contributed by atoms with Gasteiger partial charge in [-0.2, -0.15) is 9.57 Å². The molecule has 1 saturated heterocycles. The number of rotatable bonds is 9. The van der Waals surface area contributed by atoms with E-state index < -0.39 is 10.0 Å². The molecule has 1 amide bonds. The number of nitrogens with zero attached hydrogens (tertiary/aromatic N) is 3. The Morgan fingerprint density at radius 3 is 2.29 bits per heavy atom. The molecule has 1 aliphatic rings. The van der Waals surface area contributed by atoms with E-state index in [0.717, 1.165) is 6.42 Å². The average molecular weight is 442 g/mol. The van der Waals surface area contributed by atoms with Crippen LogP contribution < -0.4 is 0 Å². The van der Waals surface area contributed by atoms with Crippen molar-refractivity contribution in [3.05, 3.63) is 65.7 Å². The van der Waals surface area contributed by atoms with Gasteiger partial charge in [-0.15, -0.1) is 0 Å². The molecule has 31 heavy (non-hydrogen) atoms. The summed E-state index contributed by atoms with van der Waals surface area (Å²) in [4.78, 5) is 14.3. The maximum atomic E-state index is 12.8. The van der Waals surface area contributed by atoms with Gasteiger partial charge in [0.2, 0.25) is 15.9 Å². The van der Waals surface area contributed by atoms with Crippen LogP contribution >= 0.6 is 0 Å². The maximum absolute atomic E-state index is 12.8. The predicted octanol–water partition coefficient (Wildman–Crippen LogP) is 2.43. The molecule has 0 unspecified atom stereocenters. The lowest BCUT2D eigenvalue weighted by molar-refractivity contribution is -0.132. The molecule has 8 heteroatoms. The van der Waals surface area contributed by atoms with E-state index in [4.69, 9.17) is 10.00 Å². The third kappa shape index (κ3) is 6.37. The number of amides is 1. The summed E-state index contributed by atoms with van der Waals surface area (Å²) in [6, 6.07) is 18.0. The van der Waals surface area contributed by atoms with Gasteiger partial charge < -0.3 is 9.64 Å². The van der Waals surface area contributed by atoms with Gasteiger partial charge in [-0.25, -0.2) is 8.42 Å². The zero-order chi connectivity index (χ0) is 22.1. The molecule has 2 aromatic rings. The normalized spacial score (nSPS) is 14.9. The number of ether oxygens (including phenoxy) is 1. The third-order valence-electron chi connectivity index (χ3n) is 5.27. The third-order valence-corrected chi connectivity index (χ3v) is 7.18. The predicted molar refractivity (Wildman–Crippen MR) is 117 cm³/mol. The fourth-order valence-electron chi connectivity index (χ4n) is 3.45. The van der Waals surface area contributed by atoms with E-state index in [1.165, 1.54) is 34.1 Å². The van der Waals surface area contributed by atoms with E-state index >= 15 is 0 Å². The molecular weight excluding hydrogens is 414 g/mol.